The normalized spacial score (nSPS) is 10.0. The molecule has 0 spiro atoms. The van der Waals surface area contributed by atoms with Gasteiger partial charge in [0.2, 0.25) is 0 Å². The van der Waals surface area contributed by atoms with Crippen LogP contribution in [0.4, 0.5) is 0 Å². The first kappa shape index (κ1) is 8.40. The fourth-order valence-electron chi connectivity index (χ4n) is 0.892. The lowest BCUT2D eigenvalue weighted by Gasteiger charge is -2.00. The van der Waals surface area contributed by atoms with Crippen LogP contribution in [0.2, 0.25) is 0 Å². The Hall–Kier alpha value is -0.700. The van der Waals surface area contributed by atoms with E-state index in [-0.39, 0.29) is 5.43 Å². The number of pyridine rings is 1. The Bertz CT molecular complexity index is 292. The number of aromatic nitrogens is 1. The molecule has 3 heteroatoms. The SMILES string of the molecule is CCSc1c(C)[nH]ccc1=O. The minimum Gasteiger partial charge on any atom is -0.364 e. The molecule has 0 fully saturated rings. The Morgan fingerprint density at radius 1 is 1.64 bits per heavy atom. The zero-order valence-electron chi connectivity index (χ0n) is 6.68. The molecule has 1 heterocycles. The third-order valence-corrected chi connectivity index (χ3v) is 2.47. The van der Waals surface area contributed by atoms with Crippen LogP contribution in [0.5, 0.6) is 0 Å². The van der Waals surface area contributed by atoms with Gasteiger partial charge in [-0.2, -0.15) is 0 Å². The van der Waals surface area contributed by atoms with E-state index in [1.54, 1.807) is 24.0 Å². The van der Waals surface area contributed by atoms with Crippen molar-refractivity contribution < 1.29 is 0 Å². The molecule has 0 aliphatic rings. The third-order valence-electron chi connectivity index (χ3n) is 1.39. The molecule has 60 valence electrons. The van der Waals surface area contributed by atoms with Gasteiger partial charge in [0.05, 0.1) is 4.90 Å². The molecule has 11 heavy (non-hydrogen) atoms. The summed E-state index contributed by atoms with van der Waals surface area (Å²) in [4.78, 5) is 15.0. The van der Waals surface area contributed by atoms with E-state index >= 15 is 0 Å². The van der Waals surface area contributed by atoms with Crippen molar-refractivity contribution in [2.24, 2.45) is 0 Å². The maximum Gasteiger partial charge on any atom is 0.195 e. The van der Waals surface area contributed by atoms with E-state index in [1.807, 2.05) is 13.8 Å². The molecule has 1 aromatic heterocycles. The lowest BCUT2D eigenvalue weighted by molar-refractivity contribution is 1.09. The van der Waals surface area contributed by atoms with Gasteiger partial charge in [0, 0.05) is 18.0 Å². The molecule has 0 saturated heterocycles. The molecule has 1 N–H and O–H groups in total. The summed E-state index contributed by atoms with van der Waals surface area (Å²) in [5.41, 5.74) is 1.08. The summed E-state index contributed by atoms with van der Waals surface area (Å²) in [6.07, 6.45) is 1.68. The molecule has 0 amide bonds. The second-order valence-electron chi connectivity index (χ2n) is 2.23. The Balaban J connectivity index is 3.10. The summed E-state index contributed by atoms with van der Waals surface area (Å²) >= 11 is 1.58. The van der Waals surface area contributed by atoms with Crippen LogP contribution in [0.25, 0.3) is 0 Å². The summed E-state index contributed by atoms with van der Waals surface area (Å²) in [7, 11) is 0. The van der Waals surface area contributed by atoms with Crippen LogP contribution < -0.4 is 5.43 Å². The Morgan fingerprint density at radius 2 is 2.36 bits per heavy atom. The lowest BCUT2D eigenvalue weighted by atomic mass is 10.4. The highest BCUT2D eigenvalue weighted by atomic mass is 32.2. The summed E-state index contributed by atoms with van der Waals surface area (Å²) < 4.78 is 0. The number of aromatic amines is 1. The predicted molar refractivity (Wildman–Crippen MR) is 48.2 cm³/mol. The molecule has 0 bridgehead atoms. The van der Waals surface area contributed by atoms with Gasteiger partial charge in [0.25, 0.3) is 0 Å². The quantitative estimate of drug-likeness (QED) is 0.685. The molecule has 0 saturated carbocycles. The van der Waals surface area contributed by atoms with Crippen LogP contribution in [0.1, 0.15) is 12.6 Å². The molecule has 0 aliphatic heterocycles. The van der Waals surface area contributed by atoms with Crippen LogP contribution in [-0.2, 0) is 0 Å². The molecule has 0 aliphatic carbocycles. The number of nitrogens with one attached hydrogen (secondary N) is 1. The van der Waals surface area contributed by atoms with Crippen molar-refractivity contribution in [1.29, 1.82) is 0 Å². The number of H-pyrrole nitrogens is 1. The Kier molecular flexibility index (Phi) is 2.76. The molecule has 0 atom stereocenters. The van der Waals surface area contributed by atoms with E-state index in [0.29, 0.717) is 0 Å². The molecule has 1 rings (SSSR count). The topological polar surface area (TPSA) is 32.9 Å². The van der Waals surface area contributed by atoms with Crippen molar-refractivity contribution in [3.63, 3.8) is 0 Å². The van der Waals surface area contributed by atoms with Crippen molar-refractivity contribution in [2.45, 2.75) is 18.7 Å². The van der Waals surface area contributed by atoms with Crippen molar-refractivity contribution >= 4 is 11.8 Å². The zero-order valence-corrected chi connectivity index (χ0v) is 7.49. The van der Waals surface area contributed by atoms with Gasteiger partial charge in [-0.25, -0.2) is 0 Å². The molecule has 2 nitrogen and oxygen atoms in total. The van der Waals surface area contributed by atoms with E-state index in [0.717, 1.165) is 16.3 Å². The standard InChI is InChI=1S/C8H11NOS/c1-3-11-8-6(2)9-5-4-7(8)10/h4-5H,3H2,1-2H3,(H,9,10). The number of rotatable bonds is 2. The first-order valence-corrected chi connectivity index (χ1v) is 4.55. The van der Waals surface area contributed by atoms with Gasteiger partial charge in [-0.3, -0.25) is 4.79 Å². The van der Waals surface area contributed by atoms with Crippen LogP contribution >= 0.6 is 11.8 Å². The summed E-state index contributed by atoms with van der Waals surface area (Å²) in [5.74, 6) is 0.938. The summed E-state index contributed by atoms with van der Waals surface area (Å²) in [5, 5.41) is 0. The maximum absolute atomic E-state index is 11.2. The summed E-state index contributed by atoms with van der Waals surface area (Å²) in [6, 6.07) is 1.56. The summed E-state index contributed by atoms with van der Waals surface area (Å²) in [6.45, 7) is 3.95. The van der Waals surface area contributed by atoms with E-state index in [1.165, 1.54) is 0 Å². The molecule has 1 aromatic rings. The van der Waals surface area contributed by atoms with Gasteiger partial charge in [-0.05, 0) is 12.7 Å². The minimum absolute atomic E-state index is 0.119. The van der Waals surface area contributed by atoms with Crippen molar-refractivity contribution in [2.75, 3.05) is 5.75 Å². The lowest BCUT2D eigenvalue weighted by Crippen LogP contribution is -2.05. The van der Waals surface area contributed by atoms with Crippen LogP contribution in [0.3, 0.4) is 0 Å². The molecule has 0 aromatic carbocycles. The Labute approximate surface area is 70.0 Å². The van der Waals surface area contributed by atoms with Crippen LogP contribution in [0, 0.1) is 6.92 Å². The van der Waals surface area contributed by atoms with Gasteiger partial charge in [0.15, 0.2) is 5.43 Å². The molecule has 0 radical (unpaired) electrons. The molecular formula is C8H11NOS. The van der Waals surface area contributed by atoms with E-state index < -0.39 is 0 Å². The van der Waals surface area contributed by atoms with Crippen LogP contribution in [0.15, 0.2) is 22.0 Å². The van der Waals surface area contributed by atoms with Crippen molar-refractivity contribution in [3.8, 4) is 0 Å². The van der Waals surface area contributed by atoms with Crippen molar-refractivity contribution in [3.05, 3.63) is 28.2 Å². The van der Waals surface area contributed by atoms with Crippen molar-refractivity contribution in [1.82, 2.24) is 4.98 Å². The zero-order chi connectivity index (χ0) is 8.27. The van der Waals surface area contributed by atoms with Gasteiger partial charge in [-0.15, -0.1) is 11.8 Å². The molecular weight excluding hydrogens is 158 g/mol. The van der Waals surface area contributed by atoms with E-state index in [2.05, 4.69) is 4.98 Å². The molecule has 0 unspecified atom stereocenters. The number of hydrogen-bond donors (Lipinski definition) is 1. The van der Waals surface area contributed by atoms with Gasteiger partial charge in [-0.1, -0.05) is 6.92 Å². The Morgan fingerprint density at radius 3 is 2.91 bits per heavy atom. The minimum atomic E-state index is 0.119. The van der Waals surface area contributed by atoms with Gasteiger partial charge in [0.1, 0.15) is 0 Å². The average Bonchev–Trinajstić information content (AvgIpc) is 1.97. The maximum atomic E-state index is 11.2. The van der Waals surface area contributed by atoms with Crippen LogP contribution in [-0.4, -0.2) is 10.7 Å². The number of thioether (sulfide) groups is 1. The smallest absolute Gasteiger partial charge is 0.195 e. The second-order valence-corrected chi connectivity index (χ2v) is 3.50. The average molecular weight is 169 g/mol. The fraction of sp³-hybridized carbons (Fsp3) is 0.375. The van der Waals surface area contributed by atoms with E-state index in [4.69, 9.17) is 0 Å². The number of hydrogen-bond acceptors (Lipinski definition) is 2. The monoisotopic (exact) mass is 169 g/mol. The first-order valence-electron chi connectivity index (χ1n) is 3.56. The highest BCUT2D eigenvalue weighted by Crippen LogP contribution is 2.14. The van der Waals surface area contributed by atoms with E-state index in [9.17, 15) is 4.79 Å². The second kappa shape index (κ2) is 3.62. The fourth-order valence-corrected chi connectivity index (χ4v) is 1.67. The largest absolute Gasteiger partial charge is 0.364 e. The highest BCUT2D eigenvalue weighted by molar-refractivity contribution is 7.99. The first-order chi connectivity index (χ1) is 5.25. The third kappa shape index (κ3) is 1.87. The predicted octanol–water partition coefficient (Wildman–Crippen LogP) is 1.80. The highest BCUT2D eigenvalue weighted by Gasteiger charge is 2.00. The van der Waals surface area contributed by atoms with Gasteiger partial charge < -0.3 is 4.98 Å². The number of aryl methyl sites for hydroxylation is 1. The van der Waals surface area contributed by atoms with Gasteiger partial charge >= 0.3 is 0 Å².